The van der Waals surface area contributed by atoms with Gasteiger partial charge in [0.2, 0.25) is 5.91 Å². The first kappa shape index (κ1) is 17.3. The number of ether oxygens (including phenoxy) is 1. The molecule has 1 saturated carbocycles. The van der Waals surface area contributed by atoms with Crippen LogP contribution < -0.4 is 5.32 Å². The lowest BCUT2D eigenvalue weighted by molar-refractivity contribution is -0.151. The molecule has 0 atom stereocenters. The second-order valence-electron chi connectivity index (χ2n) is 5.59. The molecule has 0 heterocycles. The van der Waals surface area contributed by atoms with E-state index in [1.165, 1.54) is 11.8 Å². The average Bonchev–Trinajstić information content (AvgIpc) is 2.43. The first-order chi connectivity index (χ1) is 9.50. The third kappa shape index (κ3) is 5.32. The monoisotopic (exact) mass is 303 g/mol. The number of hydrogen-bond acceptors (Lipinski definition) is 4. The molecular formula is C14H25NO4S. The van der Waals surface area contributed by atoms with E-state index in [9.17, 15) is 14.7 Å². The molecule has 0 radical (unpaired) electrons. The number of carbonyl (C=O) groups excluding carboxylic acids is 1. The quantitative estimate of drug-likeness (QED) is 0.668. The number of thioether (sulfide) groups is 1. The summed E-state index contributed by atoms with van der Waals surface area (Å²) in [6, 6.07) is 0. The van der Waals surface area contributed by atoms with Gasteiger partial charge in [-0.1, -0.05) is 6.92 Å². The summed E-state index contributed by atoms with van der Waals surface area (Å²) < 4.78 is 4.91. The van der Waals surface area contributed by atoms with Gasteiger partial charge in [-0.05, 0) is 31.6 Å². The molecule has 5 nitrogen and oxygen atoms in total. The van der Waals surface area contributed by atoms with Gasteiger partial charge in [-0.2, -0.15) is 0 Å². The fraction of sp³-hybridized carbons (Fsp3) is 0.857. The van der Waals surface area contributed by atoms with Crippen molar-refractivity contribution in [1.29, 1.82) is 0 Å². The van der Waals surface area contributed by atoms with E-state index in [4.69, 9.17) is 4.74 Å². The maximum atomic E-state index is 11.7. The highest BCUT2D eigenvalue weighted by atomic mass is 32.2. The van der Waals surface area contributed by atoms with Crippen molar-refractivity contribution in [2.24, 2.45) is 11.3 Å². The Balaban J connectivity index is 2.36. The van der Waals surface area contributed by atoms with E-state index in [0.717, 1.165) is 18.6 Å². The lowest BCUT2D eigenvalue weighted by atomic mass is 9.71. The number of rotatable bonds is 8. The summed E-state index contributed by atoms with van der Waals surface area (Å²) in [5.74, 6) is 0.839. The molecule has 0 saturated heterocycles. The number of aliphatic carboxylic acids is 1. The summed E-state index contributed by atoms with van der Waals surface area (Å²) in [7, 11) is 1.63. The van der Waals surface area contributed by atoms with Gasteiger partial charge in [0.25, 0.3) is 0 Å². The van der Waals surface area contributed by atoms with Gasteiger partial charge in [-0.25, -0.2) is 0 Å². The summed E-state index contributed by atoms with van der Waals surface area (Å²) in [6.45, 7) is 3.02. The third-order valence-electron chi connectivity index (χ3n) is 3.97. The van der Waals surface area contributed by atoms with Crippen LogP contribution in [0, 0.1) is 11.3 Å². The fourth-order valence-electron chi connectivity index (χ4n) is 2.41. The summed E-state index contributed by atoms with van der Waals surface area (Å²) >= 11 is 1.50. The van der Waals surface area contributed by atoms with E-state index in [1.54, 1.807) is 7.11 Å². The van der Waals surface area contributed by atoms with Crippen molar-refractivity contribution >= 4 is 23.6 Å². The molecule has 1 aliphatic carbocycles. The molecule has 20 heavy (non-hydrogen) atoms. The molecule has 0 aromatic rings. The van der Waals surface area contributed by atoms with Crippen LogP contribution in [0.3, 0.4) is 0 Å². The first-order valence-electron chi connectivity index (χ1n) is 7.07. The second-order valence-corrected chi connectivity index (χ2v) is 6.70. The molecule has 116 valence electrons. The Bertz CT molecular complexity index is 327. The molecule has 1 amide bonds. The van der Waals surface area contributed by atoms with Crippen molar-refractivity contribution in [1.82, 2.24) is 5.32 Å². The largest absolute Gasteiger partial charge is 0.481 e. The van der Waals surface area contributed by atoms with Crippen LogP contribution in [0.15, 0.2) is 0 Å². The Hall–Kier alpha value is -0.750. The summed E-state index contributed by atoms with van der Waals surface area (Å²) in [5, 5.41) is 12.2. The van der Waals surface area contributed by atoms with Gasteiger partial charge in [0.1, 0.15) is 0 Å². The van der Waals surface area contributed by atoms with Crippen molar-refractivity contribution in [2.45, 2.75) is 32.6 Å². The van der Waals surface area contributed by atoms with E-state index >= 15 is 0 Å². The third-order valence-corrected chi connectivity index (χ3v) is 4.90. The zero-order chi connectivity index (χ0) is 15.0. The number of nitrogens with one attached hydrogen (secondary N) is 1. The Morgan fingerprint density at radius 1 is 1.40 bits per heavy atom. The van der Waals surface area contributed by atoms with Crippen LogP contribution in [-0.2, 0) is 14.3 Å². The zero-order valence-electron chi connectivity index (χ0n) is 12.3. The van der Waals surface area contributed by atoms with Crippen LogP contribution in [-0.4, -0.2) is 48.8 Å². The standard InChI is InChI=1S/C14H25NO4S/c1-11-3-5-14(6-4-11,13(17)18)10-15-12(16)9-20-8-7-19-2/h11H,3-10H2,1-2H3,(H,15,16)(H,17,18). The van der Waals surface area contributed by atoms with Gasteiger partial charge in [0.05, 0.1) is 17.8 Å². The highest BCUT2D eigenvalue weighted by Gasteiger charge is 2.41. The van der Waals surface area contributed by atoms with Gasteiger partial charge in [0, 0.05) is 19.4 Å². The normalized spacial score (nSPS) is 26.2. The maximum Gasteiger partial charge on any atom is 0.311 e. The number of amides is 1. The summed E-state index contributed by atoms with van der Waals surface area (Å²) in [6.07, 6.45) is 3.15. The van der Waals surface area contributed by atoms with Gasteiger partial charge < -0.3 is 15.2 Å². The smallest absolute Gasteiger partial charge is 0.311 e. The van der Waals surface area contributed by atoms with Crippen molar-refractivity contribution in [3.8, 4) is 0 Å². The number of carboxylic acids is 1. The Kier molecular flexibility index (Phi) is 7.37. The van der Waals surface area contributed by atoms with Crippen LogP contribution in [0.25, 0.3) is 0 Å². The minimum atomic E-state index is -0.781. The molecule has 1 rings (SSSR count). The molecule has 0 aliphatic heterocycles. The molecule has 0 aromatic heterocycles. The molecule has 0 unspecified atom stereocenters. The summed E-state index contributed by atoms with van der Waals surface area (Å²) in [5.41, 5.74) is -0.765. The molecule has 0 bridgehead atoms. The zero-order valence-corrected chi connectivity index (χ0v) is 13.1. The van der Waals surface area contributed by atoms with Crippen molar-refractivity contribution in [3.63, 3.8) is 0 Å². The molecule has 0 aromatic carbocycles. The highest BCUT2D eigenvalue weighted by molar-refractivity contribution is 7.99. The Labute approximate surface area is 124 Å². The minimum absolute atomic E-state index is 0.0923. The van der Waals surface area contributed by atoms with E-state index in [2.05, 4.69) is 12.2 Å². The number of hydrogen-bond donors (Lipinski definition) is 2. The molecule has 0 spiro atoms. The fourth-order valence-corrected chi connectivity index (χ4v) is 3.12. The van der Waals surface area contributed by atoms with Crippen molar-refractivity contribution in [3.05, 3.63) is 0 Å². The SMILES string of the molecule is COCCSCC(=O)NCC1(C(=O)O)CCC(C)CC1. The van der Waals surface area contributed by atoms with Crippen LogP contribution in [0.2, 0.25) is 0 Å². The molecular weight excluding hydrogens is 278 g/mol. The lowest BCUT2D eigenvalue weighted by Crippen LogP contribution is -2.45. The summed E-state index contributed by atoms with van der Waals surface area (Å²) in [4.78, 5) is 23.2. The van der Waals surface area contributed by atoms with E-state index < -0.39 is 11.4 Å². The minimum Gasteiger partial charge on any atom is -0.481 e. The van der Waals surface area contributed by atoms with Gasteiger partial charge in [-0.15, -0.1) is 11.8 Å². The number of carbonyl (C=O) groups is 2. The number of methoxy groups -OCH3 is 1. The van der Waals surface area contributed by atoms with Crippen molar-refractivity contribution in [2.75, 3.05) is 31.8 Å². The van der Waals surface area contributed by atoms with E-state index in [0.29, 0.717) is 31.1 Å². The topological polar surface area (TPSA) is 75.6 Å². The second kappa shape index (κ2) is 8.52. The lowest BCUT2D eigenvalue weighted by Gasteiger charge is -2.35. The molecule has 1 fully saturated rings. The molecule has 1 aliphatic rings. The Morgan fingerprint density at radius 3 is 2.60 bits per heavy atom. The van der Waals surface area contributed by atoms with Gasteiger partial charge in [0.15, 0.2) is 0 Å². The first-order valence-corrected chi connectivity index (χ1v) is 8.22. The molecule has 6 heteroatoms. The maximum absolute atomic E-state index is 11.7. The Morgan fingerprint density at radius 2 is 2.05 bits per heavy atom. The predicted molar refractivity (Wildman–Crippen MR) is 79.9 cm³/mol. The van der Waals surface area contributed by atoms with E-state index in [-0.39, 0.29) is 12.5 Å². The van der Waals surface area contributed by atoms with E-state index in [1.807, 2.05) is 0 Å². The van der Waals surface area contributed by atoms with Crippen LogP contribution >= 0.6 is 11.8 Å². The van der Waals surface area contributed by atoms with Gasteiger partial charge in [-0.3, -0.25) is 9.59 Å². The molecule has 2 N–H and O–H groups in total. The predicted octanol–water partition coefficient (Wildman–Crippen LogP) is 1.76. The van der Waals surface area contributed by atoms with Crippen LogP contribution in [0.1, 0.15) is 32.6 Å². The van der Waals surface area contributed by atoms with Gasteiger partial charge >= 0.3 is 5.97 Å². The van der Waals surface area contributed by atoms with Crippen molar-refractivity contribution < 1.29 is 19.4 Å². The van der Waals surface area contributed by atoms with Crippen LogP contribution in [0.5, 0.6) is 0 Å². The van der Waals surface area contributed by atoms with Crippen LogP contribution in [0.4, 0.5) is 0 Å². The average molecular weight is 303 g/mol. The highest BCUT2D eigenvalue weighted by Crippen LogP contribution is 2.38. The number of carboxylic acid groups (broad SMARTS) is 1.